The number of halogens is 4. The fourth-order valence-corrected chi connectivity index (χ4v) is 5.43. The summed E-state index contributed by atoms with van der Waals surface area (Å²) < 4.78 is 66.2. The number of hydrogen-bond acceptors (Lipinski definition) is 4. The maximum atomic E-state index is 13.6. The number of alkyl halides is 3. The highest BCUT2D eigenvalue weighted by atomic mass is 35.5. The lowest BCUT2D eigenvalue weighted by atomic mass is 10.1. The van der Waals surface area contributed by atoms with Gasteiger partial charge in [0.1, 0.15) is 12.6 Å². The van der Waals surface area contributed by atoms with Gasteiger partial charge in [-0.05, 0) is 50.5 Å². The second-order valence-electron chi connectivity index (χ2n) is 9.60. The van der Waals surface area contributed by atoms with Crippen molar-refractivity contribution in [3.8, 4) is 0 Å². The first-order valence-corrected chi connectivity index (χ1v) is 14.4. The van der Waals surface area contributed by atoms with E-state index in [1.165, 1.54) is 4.90 Å². The zero-order valence-electron chi connectivity index (χ0n) is 21.4. The van der Waals surface area contributed by atoms with Crippen molar-refractivity contribution in [2.45, 2.75) is 64.3 Å². The van der Waals surface area contributed by atoms with Crippen LogP contribution in [0.5, 0.6) is 0 Å². The highest BCUT2D eigenvalue weighted by Crippen LogP contribution is 2.37. The number of aryl methyl sites for hydroxylation is 1. The first-order chi connectivity index (χ1) is 17.7. The maximum Gasteiger partial charge on any atom is 0.417 e. The molecule has 3 rings (SSSR count). The third kappa shape index (κ3) is 7.63. The van der Waals surface area contributed by atoms with Crippen LogP contribution in [0.3, 0.4) is 0 Å². The molecule has 1 aliphatic carbocycles. The summed E-state index contributed by atoms with van der Waals surface area (Å²) in [6.45, 7) is 2.65. The van der Waals surface area contributed by atoms with Crippen LogP contribution in [0.1, 0.15) is 49.3 Å². The van der Waals surface area contributed by atoms with Crippen LogP contribution in [0.2, 0.25) is 5.02 Å². The molecule has 0 radical (unpaired) electrons. The van der Waals surface area contributed by atoms with E-state index >= 15 is 0 Å². The van der Waals surface area contributed by atoms with E-state index in [4.69, 9.17) is 11.6 Å². The van der Waals surface area contributed by atoms with Gasteiger partial charge < -0.3 is 10.2 Å². The number of carbonyl (C=O) groups is 2. The normalized spacial score (nSPS) is 15.2. The number of rotatable bonds is 9. The average Bonchev–Trinajstić information content (AvgIpc) is 3.33. The average molecular weight is 574 g/mol. The summed E-state index contributed by atoms with van der Waals surface area (Å²) in [7, 11) is -4.19. The molecule has 1 aliphatic rings. The molecule has 0 saturated heterocycles. The summed E-state index contributed by atoms with van der Waals surface area (Å²) in [6, 6.07) is 8.95. The molecule has 2 amide bonds. The zero-order chi connectivity index (χ0) is 28.3. The molecule has 208 valence electrons. The Morgan fingerprint density at radius 1 is 1.11 bits per heavy atom. The predicted molar refractivity (Wildman–Crippen MR) is 140 cm³/mol. The van der Waals surface area contributed by atoms with Gasteiger partial charge >= 0.3 is 6.18 Å². The number of amides is 2. The highest BCUT2D eigenvalue weighted by Gasteiger charge is 2.36. The minimum absolute atomic E-state index is 0.00338. The minimum Gasteiger partial charge on any atom is -0.352 e. The fraction of sp³-hybridized carbons (Fsp3) is 0.462. The topological polar surface area (TPSA) is 86.8 Å². The highest BCUT2D eigenvalue weighted by molar-refractivity contribution is 7.92. The van der Waals surface area contributed by atoms with E-state index in [9.17, 15) is 31.2 Å². The van der Waals surface area contributed by atoms with Crippen molar-refractivity contribution in [2.24, 2.45) is 0 Å². The van der Waals surface area contributed by atoms with Crippen LogP contribution >= 0.6 is 11.6 Å². The Hall–Kier alpha value is -2.79. The minimum atomic E-state index is -4.83. The van der Waals surface area contributed by atoms with E-state index in [-0.39, 0.29) is 24.2 Å². The molecule has 1 atom stereocenters. The van der Waals surface area contributed by atoms with Gasteiger partial charge in [-0.2, -0.15) is 13.2 Å². The first-order valence-electron chi connectivity index (χ1n) is 12.2. The van der Waals surface area contributed by atoms with Crippen molar-refractivity contribution >= 4 is 39.1 Å². The Bertz CT molecular complexity index is 1260. The van der Waals surface area contributed by atoms with E-state index in [1.54, 1.807) is 19.1 Å². The quantitative estimate of drug-likeness (QED) is 0.462. The number of sulfonamides is 1. The molecule has 0 bridgehead atoms. The molecule has 7 nitrogen and oxygen atoms in total. The monoisotopic (exact) mass is 573 g/mol. The van der Waals surface area contributed by atoms with Crippen LogP contribution in [-0.4, -0.2) is 50.0 Å². The third-order valence-electron chi connectivity index (χ3n) is 6.56. The van der Waals surface area contributed by atoms with E-state index in [1.807, 2.05) is 19.1 Å². The molecule has 0 aliphatic heterocycles. The van der Waals surface area contributed by atoms with E-state index in [0.29, 0.717) is 15.9 Å². The van der Waals surface area contributed by atoms with Gasteiger partial charge in [0.25, 0.3) is 0 Å². The Kier molecular flexibility index (Phi) is 9.35. The Morgan fingerprint density at radius 2 is 1.71 bits per heavy atom. The van der Waals surface area contributed by atoms with Crippen molar-refractivity contribution in [1.82, 2.24) is 10.2 Å². The van der Waals surface area contributed by atoms with Gasteiger partial charge in [0.2, 0.25) is 21.8 Å². The molecule has 12 heteroatoms. The van der Waals surface area contributed by atoms with Crippen LogP contribution in [0, 0.1) is 6.92 Å². The summed E-state index contributed by atoms with van der Waals surface area (Å²) in [5, 5.41) is 2.35. The number of nitrogens with one attached hydrogen (secondary N) is 1. The molecule has 1 saturated carbocycles. The summed E-state index contributed by atoms with van der Waals surface area (Å²) in [4.78, 5) is 27.9. The van der Waals surface area contributed by atoms with E-state index in [2.05, 4.69) is 5.32 Å². The first kappa shape index (κ1) is 29.8. The smallest absolute Gasteiger partial charge is 0.352 e. The standard InChI is InChI=1S/C26H31ClF3N3O4S/c1-17-8-10-19(11-9-17)15-32(18(2)25(35)31-20-6-4-5-7-20)24(34)16-33(38(3,36)37)21-12-13-23(27)22(14-21)26(28,29)30/h8-14,18,20H,4-7,15-16H2,1-3H3,(H,31,35)/t18-/m0/s1. The molecule has 38 heavy (non-hydrogen) atoms. The molecule has 0 heterocycles. The van der Waals surface area contributed by atoms with Gasteiger partial charge in [0.05, 0.1) is 22.5 Å². The lowest BCUT2D eigenvalue weighted by Crippen LogP contribution is -2.52. The summed E-state index contributed by atoms with van der Waals surface area (Å²) in [5.74, 6) is -1.12. The molecular weight excluding hydrogens is 543 g/mol. The van der Waals surface area contributed by atoms with Gasteiger partial charge in [0.15, 0.2) is 0 Å². The van der Waals surface area contributed by atoms with Crippen molar-refractivity contribution in [1.29, 1.82) is 0 Å². The number of nitrogens with zero attached hydrogens (tertiary/aromatic N) is 2. The lowest BCUT2D eigenvalue weighted by Gasteiger charge is -2.32. The van der Waals surface area contributed by atoms with Crippen molar-refractivity contribution in [2.75, 3.05) is 17.1 Å². The molecular formula is C26H31ClF3N3O4S. The van der Waals surface area contributed by atoms with Gasteiger partial charge in [-0.15, -0.1) is 0 Å². The predicted octanol–water partition coefficient (Wildman–Crippen LogP) is 4.91. The third-order valence-corrected chi connectivity index (χ3v) is 8.04. The second-order valence-corrected chi connectivity index (χ2v) is 11.9. The van der Waals surface area contributed by atoms with Crippen LogP contribution in [0.15, 0.2) is 42.5 Å². The van der Waals surface area contributed by atoms with Crippen molar-refractivity contribution < 1.29 is 31.2 Å². The lowest BCUT2D eigenvalue weighted by molar-refractivity contribution is -0.139. The molecule has 2 aromatic carbocycles. The SMILES string of the molecule is Cc1ccc(CN(C(=O)CN(c2ccc(Cl)c(C(F)(F)F)c2)S(C)(=O)=O)[C@@H](C)C(=O)NC2CCCC2)cc1. The summed E-state index contributed by atoms with van der Waals surface area (Å²) in [6.07, 6.45) is -0.368. The van der Waals surface area contributed by atoms with Gasteiger partial charge in [-0.1, -0.05) is 54.3 Å². The van der Waals surface area contributed by atoms with Crippen molar-refractivity contribution in [3.05, 3.63) is 64.2 Å². The molecule has 2 aromatic rings. The maximum absolute atomic E-state index is 13.6. The molecule has 1 N–H and O–H groups in total. The van der Waals surface area contributed by atoms with Crippen molar-refractivity contribution in [3.63, 3.8) is 0 Å². The van der Waals surface area contributed by atoms with E-state index < -0.39 is 45.3 Å². The largest absolute Gasteiger partial charge is 0.417 e. The van der Waals surface area contributed by atoms with Gasteiger partial charge in [-0.25, -0.2) is 8.42 Å². The number of benzene rings is 2. The zero-order valence-corrected chi connectivity index (χ0v) is 23.0. The van der Waals surface area contributed by atoms with Crippen LogP contribution in [-0.2, 0) is 32.3 Å². The molecule has 0 spiro atoms. The molecule has 0 aromatic heterocycles. The fourth-order valence-electron chi connectivity index (χ4n) is 4.36. The Morgan fingerprint density at radius 3 is 2.26 bits per heavy atom. The van der Waals surface area contributed by atoms with Gasteiger partial charge in [0, 0.05) is 12.6 Å². The van der Waals surface area contributed by atoms with Crippen LogP contribution < -0.4 is 9.62 Å². The van der Waals surface area contributed by atoms with Crippen LogP contribution in [0.25, 0.3) is 0 Å². The molecule has 0 unspecified atom stereocenters. The van der Waals surface area contributed by atoms with Gasteiger partial charge in [-0.3, -0.25) is 13.9 Å². The number of carbonyl (C=O) groups excluding carboxylic acids is 2. The molecule has 1 fully saturated rings. The van der Waals surface area contributed by atoms with Crippen LogP contribution in [0.4, 0.5) is 18.9 Å². The Labute approximate surface area is 226 Å². The van der Waals surface area contributed by atoms with E-state index in [0.717, 1.165) is 49.6 Å². The Balaban J connectivity index is 1.93. The second kappa shape index (κ2) is 11.9. The number of hydrogen-bond donors (Lipinski definition) is 1. The summed E-state index contributed by atoms with van der Waals surface area (Å²) in [5.41, 5.74) is 0.112. The number of anilines is 1. The summed E-state index contributed by atoms with van der Waals surface area (Å²) >= 11 is 5.70.